The van der Waals surface area contributed by atoms with Gasteiger partial charge in [0.2, 0.25) is 12.7 Å². The van der Waals surface area contributed by atoms with E-state index in [4.69, 9.17) is 13.9 Å². The highest BCUT2D eigenvalue weighted by Crippen LogP contribution is 2.33. The molecule has 0 spiro atoms. The maximum atomic E-state index is 13.6. The lowest BCUT2D eigenvalue weighted by Crippen LogP contribution is -2.43. The summed E-state index contributed by atoms with van der Waals surface area (Å²) in [7, 11) is 0. The number of hydrogen-bond donors (Lipinski definition) is 0. The molecule has 202 valence electrons. The van der Waals surface area contributed by atoms with E-state index in [1.54, 1.807) is 36.1 Å². The van der Waals surface area contributed by atoms with Gasteiger partial charge in [0.15, 0.2) is 11.5 Å². The average Bonchev–Trinajstić information content (AvgIpc) is 3.50. The van der Waals surface area contributed by atoms with E-state index in [0.717, 1.165) is 29.8 Å². The Labute approximate surface area is 218 Å². The molecule has 0 saturated carbocycles. The molecule has 0 saturated heterocycles. The average molecular weight is 531 g/mol. The Hall–Kier alpha value is -3.95. The van der Waals surface area contributed by atoms with Crippen molar-refractivity contribution >= 4 is 11.8 Å². The number of rotatable bonds is 9. The summed E-state index contributed by atoms with van der Waals surface area (Å²) in [5.74, 6) is 1.67. The molecule has 3 aromatic rings. The van der Waals surface area contributed by atoms with Gasteiger partial charge in [-0.15, -0.1) is 0 Å². The van der Waals surface area contributed by atoms with E-state index >= 15 is 0 Å². The molecule has 4 rings (SSSR count). The summed E-state index contributed by atoms with van der Waals surface area (Å²) >= 11 is 0. The summed E-state index contributed by atoms with van der Waals surface area (Å²) in [6.07, 6.45) is -4.51. The molecule has 0 atom stereocenters. The van der Waals surface area contributed by atoms with Crippen LogP contribution in [0.5, 0.6) is 11.5 Å². The Bertz CT molecular complexity index is 1280. The van der Waals surface area contributed by atoms with Crippen LogP contribution in [0.1, 0.15) is 46.9 Å². The number of carbonyl (C=O) groups is 2. The lowest BCUT2D eigenvalue weighted by atomic mass is 10.1. The van der Waals surface area contributed by atoms with Gasteiger partial charge in [-0.05, 0) is 66.9 Å². The molecule has 2 aromatic carbocycles. The van der Waals surface area contributed by atoms with E-state index in [2.05, 4.69) is 0 Å². The molecule has 0 unspecified atom stereocenters. The van der Waals surface area contributed by atoms with Crippen molar-refractivity contribution in [3.8, 4) is 11.5 Å². The van der Waals surface area contributed by atoms with Crippen LogP contribution in [-0.4, -0.2) is 41.5 Å². The van der Waals surface area contributed by atoms with E-state index in [1.807, 2.05) is 19.9 Å². The van der Waals surface area contributed by atoms with E-state index in [0.29, 0.717) is 23.0 Å². The number of halogens is 3. The summed E-state index contributed by atoms with van der Waals surface area (Å²) in [5, 5.41) is 0. The number of hydrogen-bond acceptors (Lipinski definition) is 5. The molecule has 0 bridgehead atoms. The predicted octanol–water partition coefficient (Wildman–Crippen LogP) is 5.66. The minimum atomic E-state index is -4.51. The number of carbonyl (C=O) groups excluding carboxylic acids is 2. The third kappa shape index (κ3) is 6.67. The number of ether oxygens (including phenoxy) is 2. The lowest BCUT2D eigenvalue weighted by molar-refractivity contribution is -0.137. The maximum absolute atomic E-state index is 13.6. The molecule has 1 aliphatic rings. The molecular weight excluding hydrogens is 501 g/mol. The van der Waals surface area contributed by atoms with Crippen LogP contribution in [0.3, 0.4) is 0 Å². The highest BCUT2D eigenvalue weighted by Gasteiger charge is 2.31. The van der Waals surface area contributed by atoms with Gasteiger partial charge in [0, 0.05) is 18.7 Å². The summed E-state index contributed by atoms with van der Waals surface area (Å²) < 4.78 is 55.4. The van der Waals surface area contributed by atoms with Gasteiger partial charge in [0.25, 0.3) is 5.91 Å². The third-order valence-corrected chi connectivity index (χ3v) is 5.96. The topological polar surface area (TPSA) is 72.2 Å². The minimum absolute atomic E-state index is 0.0243. The first-order valence-electron chi connectivity index (χ1n) is 12.2. The van der Waals surface area contributed by atoms with Gasteiger partial charge in [-0.3, -0.25) is 9.59 Å². The van der Waals surface area contributed by atoms with Crippen molar-refractivity contribution in [3.05, 3.63) is 82.8 Å². The van der Waals surface area contributed by atoms with E-state index < -0.39 is 17.6 Å². The smallest absolute Gasteiger partial charge is 0.416 e. The molecule has 38 heavy (non-hydrogen) atoms. The second-order valence-electron chi connectivity index (χ2n) is 9.60. The number of benzene rings is 2. The lowest BCUT2D eigenvalue weighted by Gasteiger charge is -2.28. The van der Waals surface area contributed by atoms with Crippen molar-refractivity contribution < 1.29 is 36.7 Å². The van der Waals surface area contributed by atoms with E-state index in [9.17, 15) is 22.8 Å². The van der Waals surface area contributed by atoms with Gasteiger partial charge >= 0.3 is 6.18 Å². The summed E-state index contributed by atoms with van der Waals surface area (Å²) in [6, 6.07) is 13.0. The van der Waals surface area contributed by atoms with Gasteiger partial charge in [-0.2, -0.15) is 13.2 Å². The standard InChI is InChI=1S/C28H29F3N2O5/c1-18(2)13-33(27(35)21-6-8-22(9-7-21)28(29,30)31)16-26(34)32(15-23-10-4-19(3)38-23)14-20-5-11-24-25(12-20)37-17-36-24/h4-12,18H,13-17H2,1-3H3. The van der Waals surface area contributed by atoms with Crippen LogP contribution in [0.4, 0.5) is 13.2 Å². The number of amides is 2. The Morgan fingerprint density at radius 1 is 0.921 bits per heavy atom. The summed E-state index contributed by atoms with van der Waals surface area (Å²) in [6.45, 7) is 6.13. The maximum Gasteiger partial charge on any atom is 0.416 e. The first kappa shape index (κ1) is 27.1. The van der Waals surface area contributed by atoms with Crippen LogP contribution < -0.4 is 9.47 Å². The fourth-order valence-corrected chi connectivity index (χ4v) is 4.16. The molecule has 10 heteroatoms. The first-order chi connectivity index (χ1) is 18.0. The molecule has 0 fully saturated rings. The molecule has 1 aliphatic heterocycles. The van der Waals surface area contributed by atoms with Crippen LogP contribution in [0.25, 0.3) is 0 Å². The van der Waals surface area contributed by atoms with Crippen LogP contribution in [-0.2, 0) is 24.1 Å². The van der Waals surface area contributed by atoms with Crippen molar-refractivity contribution in [2.45, 2.75) is 40.0 Å². The van der Waals surface area contributed by atoms with Crippen LogP contribution in [0, 0.1) is 12.8 Å². The number of nitrogens with zero attached hydrogens (tertiary/aromatic N) is 2. The highest BCUT2D eigenvalue weighted by atomic mass is 19.4. The SMILES string of the molecule is Cc1ccc(CN(Cc2ccc3c(c2)OCO3)C(=O)CN(CC(C)C)C(=O)c2ccc(C(F)(F)F)cc2)o1. The van der Waals surface area contributed by atoms with Gasteiger partial charge in [0.1, 0.15) is 18.1 Å². The van der Waals surface area contributed by atoms with Crippen LogP contribution in [0.2, 0.25) is 0 Å². The molecule has 2 heterocycles. The molecule has 0 radical (unpaired) electrons. The van der Waals surface area contributed by atoms with E-state index in [1.165, 1.54) is 4.90 Å². The molecule has 7 nitrogen and oxygen atoms in total. The van der Waals surface area contributed by atoms with Gasteiger partial charge in [-0.25, -0.2) is 0 Å². The van der Waals surface area contributed by atoms with Gasteiger partial charge < -0.3 is 23.7 Å². The zero-order chi connectivity index (χ0) is 27.4. The Kier molecular flexibility index (Phi) is 7.99. The van der Waals surface area contributed by atoms with Crippen molar-refractivity contribution in [2.24, 2.45) is 5.92 Å². The zero-order valence-electron chi connectivity index (χ0n) is 21.4. The van der Waals surface area contributed by atoms with Gasteiger partial charge in [0.05, 0.1) is 12.1 Å². The second-order valence-corrected chi connectivity index (χ2v) is 9.60. The molecular formula is C28H29F3N2O5. The monoisotopic (exact) mass is 530 g/mol. The Morgan fingerprint density at radius 3 is 2.26 bits per heavy atom. The number of alkyl halides is 3. The Morgan fingerprint density at radius 2 is 1.63 bits per heavy atom. The molecule has 0 N–H and O–H groups in total. The number of fused-ring (bicyclic) bond motifs is 1. The van der Waals surface area contributed by atoms with Crippen molar-refractivity contribution in [3.63, 3.8) is 0 Å². The molecule has 0 aliphatic carbocycles. The number of furan rings is 1. The second kappa shape index (κ2) is 11.2. The zero-order valence-corrected chi connectivity index (χ0v) is 21.4. The van der Waals surface area contributed by atoms with Crippen LogP contribution >= 0.6 is 0 Å². The fourth-order valence-electron chi connectivity index (χ4n) is 4.16. The van der Waals surface area contributed by atoms with E-state index in [-0.39, 0.29) is 50.4 Å². The quantitative estimate of drug-likeness (QED) is 0.357. The highest BCUT2D eigenvalue weighted by molar-refractivity contribution is 5.96. The number of aryl methyl sites for hydroxylation is 1. The fraction of sp³-hybridized carbons (Fsp3) is 0.357. The minimum Gasteiger partial charge on any atom is -0.464 e. The summed E-state index contributed by atoms with van der Waals surface area (Å²) in [5.41, 5.74) is 0.0370. The predicted molar refractivity (Wildman–Crippen MR) is 132 cm³/mol. The normalized spacial score (nSPS) is 12.6. The van der Waals surface area contributed by atoms with Crippen molar-refractivity contribution in [1.29, 1.82) is 0 Å². The summed E-state index contributed by atoms with van der Waals surface area (Å²) in [4.78, 5) is 29.8. The molecule has 2 amide bonds. The van der Waals surface area contributed by atoms with Crippen molar-refractivity contribution in [2.75, 3.05) is 19.9 Å². The third-order valence-electron chi connectivity index (χ3n) is 5.96. The Balaban J connectivity index is 1.55. The van der Waals surface area contributed by atoms with Crippen LogP contribution in [0.15, 0.2) is 59.0 Å². The largest absolute Gasteiger partial charge is 0.464 e. The molecule has 1 aromatic heterocycles. The first-order valence-corrected chi connectivity index (χ1v) is 12.2. The van der Waals surface area contributed by atoms with Crippen molar-refractivity contribution in [1.82, 2.24) is 9.80 Å². The van der Waals surface area contributed by atoms with Gasteiger partial charge in [-0.1, -0.05) is 19.9 Å².